The second-order valence-corrected chi connectivity index (χ2v) is 8.29. The lowest BCUT2D eigenvalue weighted by Crippen LogP contribution is -2.38. The Labute approximate surface area is 192 Å². The van der Waals surface area contributed by atoms with E-state index in [1.165, 1.54) is 0 Å². The number of piperidine rings is 1. The van der Waals surface area contributed by atoms with Gasteiger partial charge < -0.3 is 9.47 Å². The third-order valence-corrected chi connectivity index (χ3v) is 6.23. The summed E-state index contributed by atoms with van der Waals surface area (Å²) in [6.07, 6.45) is 2.01. The molecule has 1 aliphatic rings. The maximum atomic E-state index is 12.9. The van der Waals surface area contributed by atoms with E-state index in [1.807, 2.05) is 66.8 Å². The van der Waals surface area contributed by atoms with Gasteiger partial charge in [-0.05, 0) is 51.0 Å². The van der Waals surface area contributed by atoms with Crippen molar-refractivity contribution in [2.24, 2.45) is 0 Å². The van der Waals surface area contributed by atoms with Crippen molar-refractivity contribution in [3.8, 4) is 11.5 Å². The monoisotopic (exact) mass is 447 g/mol. The number of benzene rings is 2. The summed E-state index contributed by atoms with van der Waals surface area (Å²) in [5.74, 6) is 3.06. The molecule has 0 unspecified atom stereocenters. The Bertz CT molecular complexity index is 1320. The lowest BCUT2D eigenvalue weighted by molar-refractivity contribution is 0.0922. The molecule has 2 aromatic heterocycles. The molecule has 0 aliphatic carbocycles. The number of para-hydroxylation sites is 3. The van der Waals surface area contributed by atoms with E-state index in [0.717, 1.165) is 48.8 Å². The Morgan fingerprint density at radius 1 is 0.970 bits per heavy atom. The van der Waals surface area contributed by atoms with Crippen LogP contribution in [0.1, 0.15) is 32.5 Å². The van der Waals surface area contributed by atoms with Crippen molar-refractivity contribution >= 4 is 16.7 Å². The zero-order valence-corrected chi connectivity index (χ0v) is 19.1. The van der Waals surface area contributed by atoms with Crippen molar-refractivity contribution in [3.05, 3.63) is 64.7 Å². The molecule has 0 N–H and O–H groups in total. The number of nitrogens with zero attached hydrogens (tertiary/aromatic N) is 5. The van der Waals surface area contributed by atoms with Gasteiger partial charge in [0.05, 0.1) is 24.1 Å². The summed E-state index contributed by atoms with van der Waals surface area (Å²) in [5.41, 5.74) is 0.831. The van der Waals surface area contributed by atoms with Gasteiger partial charge in [-0.15, -0.1) is 10.2 Å². The molecular weight excluding hydrogens is 418 g/mol. The van der Waals surface area contributed by atoms with Crippen molar-refractivity contribution in [2.45, 2.75) is 45.9 Å². The summed E-state index contributed by atoms with van der Waals surface area (Å²) in [5, 5.41) is 9.53. The molecule has 33 heavy (non-hydrogen) atoms. The Morgan fingerprint density at radius 2 is 1.70 bits per heavy atom. The molecule has 0 amide bonds. The lowest BCUT2D eigenvalue weighted by Gasteiger charge is -2.32. The molecule has 1 fully saturated rings. The van der Waals surface area contributed by atoms with Crippen LogP contribution in [0.3, 0.4) is 0 Å². The standard InChI is InChI=1S/C25H29N5O3/c1-3-29-24(31)19-9-5-6-10-20(19)30-23(26-27-25(29)30)17-28-15-13-18(14-16-28)33-22-12-8-7-11-21(22)32-4-2/h5-12,18H,3-4,13-17H2,1-2H3. The van der Waals surface area contributed by atoms with Gasteiger partial charge in [-0.3, -0.25) is 18.7 Å². The lowest BCUT2D eigenvalue weighted by atomic mass is 10.1. The van der Waals surface area contributed by atoms with E-state index in [2.05, 4.69) is 15.1 Å². The zero-order chi connectivity index (χ0) is 22.8. The SMILES string of the molecule is CCOc1ccccc1OC1CCN(Cc2nnc3n(CC)c(=O)c4ccccc4n23)CC1. The Hall–Kier alpha value is -3.39. The second kappa shape index (κ2) is 9.23. The number of likely N-dealkylation sites (tertiary alicyclic amines) is 1. The van der Waals surface area contributed by atoms with Gasteiger partial charge in [0.15, 0.2) is 17.3 Å². The Morgan fingerprint density at radius 3 is 2.45 bits per heavy atom. The number of fused-ring (bicyclic) bond motifs is 3. The smallest absolute Gasteiger partial charge is 0.262 e. The molecule has 4 aromatic rings. The summed E-state index contributed by atoms with van der Waals surface area (Å²) < 4.78 is 15.7. The maximum absolute atomic E-state index is 12.9. The number of ether oxygens (including phenoxy) is 2. The highest BCUT2D eigenvalue weighted by Crippen LogP contribution is 2.29. The molecule has 8 heteroatoms. The molecule has 1 saturated heterocycles. The van der Waals surface area contributed by atoms with Gasteiger partial charge in [-0.25, -0.2) is 0 Å². The molecular formula is C25H29N5O3. The van der Waals surface area contributed by atoms with Crippen LogP contribution in [0.5, 0.6) is 11.5 Å². The fourth-order valence-corrected chi connectivity index (χ4v) is 4.59. The molecule has 3 heterocycles. The third-order valence-electron chi connectivity index (χ3n) is 6.23. The zero-order valence-electron chi connectivity index (χ0n) is 19.1. The maximum Gasteiger partial charge on any atom is 0.262 e. The molecule has 2 aromatic carbocycles. The van der Waals surface area contributed by atoms with Crippen LogP contribution in [-0.4, -0.2) is 49.9 Å². The van der Waals surface area contributed by atoms with Crippen molar-refractivity contribution in [1.29, 1.82) is 0 Å². The van der Waals surface area contributed by atoms with E-state index in [9.17, 15) is 4.79 Å². The van der Waals surface area contributed by atoms with Crippen LogP contribution in [0.2, 0.25) is 0 Å². The summed E-state index contributed by atoms with van der Waals surface area (Å²) in [6, 6.07) is 15.5. The van der Waals surface area contributed by atoms with Crippen molar-refractivity contribution in [2.75, 3.05) is 19.7 Å². The molecule has 0 saturated carbocycles. The highest BCUT2D eigenvalue weighted by molar-refractivity contribution is 5.80. The van der Waals surface area contributed by atoms with Gasteiger partial charge in [0.1, 0.15) is 6.10 Å². The first-order chi connectivity index (χ1) is 16.2. The van der Waals surface area contributed by atoms with Gasteiger partial charge >= 0.3 is 0 Å². The topological polar surface area (TPSA) is 73.9 Å². The Balaban J connectivity index is 1.33. The van der Waals surface area contributed by atoms with E-state index in [-0.39, 0.29) is 11.7 Å². The van der Waals surface area contributed by atoms with Crippen LogP contribution in [0, 0.1) is 0 Å². The van der Waals surface area contributed by atoms with Crippen LogP contribution in [0.4, 0.5) is 0 Å². The average molecular weight is 448 g/mol. The Kier molecular flexibility index (Phi) is 6.00. The molecule has 1 aliphatic heterocycles. The number of rotatable bonds is 7. The highest BCUT2D eigenvalue weighted by atomic mass is 16.5. The molecule has 172 valence electrons. The first kappa shape index (κ1) is 21.5. The first-order valence-corrected chi connectivity index (χ1v) is 11.7. The molecule has 5 rings (SSSR count). The van der Waals surface area contributed by atoms with Crippen molar-refractivity contribution < 1.29 is 9.47 Å². The van der Waals surface area contributed by atoms with Crippen LogP contribution < -0.4 is 15.0 Å². The van der Waals surface area contributed by atoms with Crippen molar-refractivity contribution in [1.82, 2.24) is 24.1 Å². The van der Waals surface area contributed by atoms with Gasteiger partial charge in [0.25, 0.3) is 5.56 Å². The summed E-state index contributed by atoms with van der Waals surface area (Å²) in [7, 11) is 0. The predicted octanol–water partition coefficient (Wildman–Crippen LogP) is 3.51. The number of hydrogen-bond acceptors (Lipinski definition) is 6. The molecule has 8 nitrogen and oxygen atoms in total. The van der Waals surface area contributed by atoms with E-state index in [4.69, 9.17) is 9.47 Å². The molecule has 0 spiro atoms. The van der Waals surface area contributed by atoms with Crippen LogP contribution >= 0.6 is 0 Å². The van der Waals surface area contributed by atoms with E-state index in [0.29, 0.717) is 30.9 Å². The second-order valence-electron chi connectivity index (χ2n) is 8.29. The molecule has 0 radical (unpaired) electrons. The average Bonchev–Trinajstić information content (AvgIpc) is 3.25. The van der Waals surface area contributed by atoms with Gasteiger partial charge in [-0.1, -0.05) is 24.3 Å². The van der Waals surface area contributed by atoms with Crippen LogP contribution in [0.15, 0.2) is 53.3 Å². The summed E-state index contributed by atoms with van der Waals surface area (Å²) >= 11 is 0. The normalized spacial score (nSPS) is 15.3. The summed E-state index contributed by atoms with van der Waals surface area (Å²) in [6.45, 7) is 7.59. The minimum absolute atomic E-state index is 0.0233. The number of hydrogen-bond donors (Lipinski definition) is 0. The van der Waals surface area contributed by atoms with E-state index < -0.39 is 0 Å². The first-order valence-electron chi connectivity index (χ1n) is 11.7. The van der Waals surface area contributed by atoms with Crippen LogP contribution in [-0.2, 0) is 13.1 Å². The van der Waals surface area contributed by atoms with E-state index in [1.54, 1.807) is 4.57 Å². The number of aromatic nitrogens is 4. The molecule has 0 bridgehead atoms. The molecule has 0 atom stereocenters. The minimum atomic E-state index is -0.0233. The number of aryl methyl sites for hydroxylation is 1. The fourth-order valence-electron chi connectivity index (χ4n) is 4.59. The van der Waals surface area contributed by atoms with E-state index >= 15 is 0 Å². The van der Waals surface area contributed by atoms with Gasteiger partial charge in [0, 0.05) is 19.6 Å². The van der Waals surface area contributed by atoms with Gasteiger partial charge in [0.2, 0.25) is 5.78 Å². The van der Waals surface area contributed by atoms with Gasteiger partial charge in [-0.2, -0.15) is 0 Å². The minimum Gasteiger partial charge on any atom is -0.490 e. The largest absolute Gasteiger partial charge is 0.490 e. The van der Waals surface area contributed by atoms with Crippen LogP contribution in [0.25, 0.3) is 16.7 Å². The predicted molar refractivity (Wildman–Crippen MR) is 127 cm³/mol. The quantitative estimate of drug-likeness (QED) is 0.432. The van der Waals surface area contributed by atoms with Crippen molar-refractivity contribution in [3.63, 3.8) is 0 Å². The highest BCUT2D eigenvalue weighted by Gasteiger charge is 2.24. The fraction of sp³-hybridized carbons (Fsp3) is 0.400. The summed E-state index contributed by atoms with van der Waals surface area (Å²) in [4.78, 5) is 15.2. The third kappa shape index (κ3) is 4.06.